The Balaban J connectivity index is 1.33. The fourth-order valence-corrected chi connectivity index (χ4v) is 4.71. The molecule has 7 nitrogen and oxygen atoms in total. The number of anilines is 1. The van der Waals surface area contributed by atoms with Crippen LogP contribution in [0.1, 0.15) is 40.4 Å². The van der Waals surface area contributed by atoms with Crippen molar-refractivity contribution >= 4 is 44.9 Å². The van der Waals surface area contributed by atoms with Gasteiger partial charge in [0.05, 0.1) is 10.7 Å². The van der Waals surface area contributed by atoms with Crippen molar-refractivity contribution in [3.05, 3.63) is 87.4 Å². The summed E-state index contributed by atoms with van der Waals surface area (Å²) in [5, 5.41) is 8.51. The van der Waals surface area contributed by atoms with E-state index in [-0.39, 0.29) is 11.8 Å². The minimum Gasteiger partial charge on any atom is -0.366 e. The molecule has 0 spiro atoms. The molecule has 1 aliphatic rings. The number of hydrogen-bond donors (Lipinski definition) is 1. The lowest BCUT2D eigenvalue weighted by atomic mass is 9.92. The summed E-state index contributed by atoms with van der Waals surface area (Å²) in [6, 6.07) is 13.2. The Morgan fingerprint density at radius 3 is 2.76 bits per heavy atom. The molecule has 0 atom stereocenters. The van der Waals surface area contributed by atoms with Gasteiger partial charge in [-0.1, -0.05) is 23.7 Å². The normalized spacial score (nSPS) is 14.5. The minimum absolute atomic E-state index is 0.0247. The lowest BCUT2D eigenvalue weighted by Gasteiger charge is -2.32. The van der Waals surface area contributed by atoms with Gasteiger partial charge in [0.25, 0.3) is 5.91 Å². The summed E-state index contributed by atoms with van der Waals surface area (Å²) in [4.78, 5) is 23.8. The summed E-state index contributed by atoms with van der Waals surface area (Å²) in [7, 11) is 0. The Morgan fingerprint density at radius 2 is 2.00 bits per heavy atom. The van der Waals surface area contributed by atoms with Crippen LogP contribution in [0.3, 0.4) is 0 Å². The predicted molar refractivity (Wildman–Crippen MR) is 132 cm³/mol. The summed E-state index contributed by atoms with van der Waals surface area (Å²) in [6.45, 7) is 2.00. The first kappa shape index (κ1) is 21.9. The molecule has 0 aliphatic carbocycles. The van der Waals surface area contributed by atoms with Crippen LogP contribution in [0, 0.1) is 0 Å². The van der Waals surface area contributed by atoms with Crippen LogP contribution in [0.15, 0.2) is 65.5 Å². The van der Waals surface area contributed by atoms with Crippen molar-refractivity contribution in [3.8, 4) is 0 Å². The van der Waals surface area contributed by atoms with Crippen LogP contribution in [0.4, 0.5) is 5.82 Å². The monoisotopic (exact) mass is 524 g/mol. The summed E-state index contributed by atoms with van der Waals surface area (Å²) < 4.78 is 2.66. The quantitative estimate of drug-likeness (QED) is 0.389. The van der Waals surface area contributed by atoms with Gasteiger partial charge in [0.1, 0.15) is 5.82 Å². The van der Waals surface area contributed by atoms with Crippen molar-refractivity contribution < 1.29 is 4.79 Å². The number of piperidine rings is 1. The highest BCUT2D eigenvalue weighted by Crippen LogP contribution is 2.31. The second-order valence-corrected chi connectivity index (χ2v) is 9.38. The first-order valence-corrected chi connectivity index (χ1v) is 12.0. The fraction of sp³-hybridized carbons (Fsp3) is 0.250. The number of likely N-dealkylation sites (tertiary alicyclic amines) is 1. The van der Waals surface area contributed by atoms with E-state index >= 15 is 0 Å². The number of carbonyl (C=O) groups is 1. The number of rotatable bonds is 5. The number of benzene rings is 1. The Kier molecular flexibility index (Phi) is 6.28. The van der Waals surface area contributed by atoms with Crippen LogP contribution in [-0.4, -0.2) is 43.5 Å². The lowest BCUT2D eigenvalue weighted by molar-refractivity contribution is 0.0712. The molecule has 1 N–H and O–H groups in total. The van der Waals surface area contributed by atoms with E-state index in [4.69, 9.17) is 16.6 Å². The zero-order chi connectivity index (χ0) is 22.8. The van der Waals surface area contributed by atoms with Crippen LogP contribution in [0.2, 0.25) is 5.02 Å². The van der Waals surface area contributed by atoms with Crippen LogP contribution < -0.4 is 5.32 Å². The van der Waals surface area contributed by atoms with Gasteiger partial charge in [-0.2, -0.15) is 9.61 Å². The number of pyridine rings is 1. The SMILES string of the molecule is O=C(c1cccc(Cl)c1)N1CCC(c2cc(NCc3cccnc3)n3ncc(Br)c3n2)CC1. The molecule has 168 valence electrons. The van der Waals surface area contributed by atoms with Gasteiger partial charge in [0.2, 0.25) is 0 Å². The van der Waals surface area contributed by atoms with Crippen molar-refractivity contribution in [3.63, 3.8) is 0 Å². The summed E-state index contributed by atoms with van der Waals surface area (Å²) >= 11 is 9.63. The zero-order valence-electron chi connectivity index (χ0n) is 17.8. The predicted octanol–water partition coefficient (Wildman–Crippen LogP) is 5.17. The third-order valence-electron chi connectivity index (χ3n) is 5.92. The fourth-order valence-electron chi connectivity index (χ4n) is 4.17. The van der Waals surface area contributed by atoms with Gasteiger partial charge in [0.15, 0.2) is 5.65 Å². The number of fused-ring (bicyclic) bond motifs is 1. The highest BCUT2D eigenvalue weighted by Gasteiger charge is 2.26. The average Bonchev–Trinajstić information content (AvgIpc) is 3.23. The molecule has 33 heavy (non-hydrogen) atoms. The van der Waals surface area contributed by atoms with Gasteiger partial charge in [-0.05, 0) is 58.6 Å². The third-order valence-corrected chi connectivity index (χ3v) is 6.71. The third kappa shape index (κ3) is 4.72. The van der Waals surface area contributed by atoms with E-state index in [2.05, 4.69) is 37.4 Å². The van der Waals surface area contributed by atoms with Gasteiger partial charge in [-0.25, -0.2) is 4.98 Å². The van der Waals surface area contributed by atoms with Crippen molar-refractivity contribution in [2.75, 3.05) is 18.4 Å². The molecule has 0 bridgehead atoms. The van der Waals surface area contributed by atoms with E-state index in [1.807, 2.05) is 39.9 Å². The van der Waals surface area contributed by atoms with Crippen LogP contribution >= 0.6 is 27.5 Å². The molecule has 5 rings (SSSR count). The molecule has 9 heteroatoms. The van der Waals surface area contributed by atoms with Gasteiger partial charge < -0.3 is 10.2 Å². The van der Waals surface area contributed by atoms with Gasteiger partial charge in [-0.15, -0.1) is 0 Å². The maximum absolute atomic E-state index is 12.9. The summed E-state index contributed by atoms with van der Waals surface area (Å²) in [5.41, 5.74) is 3.50. The Hall–Kier alpha value is -2.97. The topological polar surface area (TPSA) is 75.4 Å². The van der Waals surface area contributed by atoms with Crippen LogP contribution in [0.25, 0.3) is 5.65 Å². The van der Waals surface area contributed by atoms with E-state index in [0.717, 1.165) is 40.0 Å². The number of halogens is 2. The van der Waals surface area contributed by atoms with E-state index in [1.165, 1.54) is 0 Å². The maximum Gasteiger partial charge on any atom is 0.253 e. The van der Waals surface area contributed by atoms with Gasteiger partial charge >= 0.3 is 0 Å². The van der Waals surface area contributed by atoms with Gasteiger partial charge in [-0.3, -0.25) is 9.78 Å². The first-order valence-electron chi connectivity index (χ1n) is 10.8. The molecule has 1 fully saturated rings. The van der Waals surface area contributed by atoms with E-state index in [9.17, 15) is 4.79 Å². The second kappa shape index (κ2) is 9.49. The highest BCUT2D eigenvalue weighted by molar-refractivity contribution is 9.10. The Labute approximate surface area is 204 Å². The molecule has 4 aromatic rings. The standard InChI is InChI=1S/C24H22BrClN6O/c25-20-15-29-32-22(28-14-16-3-2-8-27-13-16)12-21(30-23(20)32)17-6-9-31(10-7-17)24(33)18-4-1-5-19(26)11-18/h1-5,8,11-13,15,17,28H,6-7,9-10,14H2. The summed E-state index contributed by atoms with van der Waals surface area (Å²) in [6.07, 6.45) is 7.07. The van der Waals surface area contributed by atoms with Gasteiger partial charge in [0, 0.05) is 60.3 Å². The highest BCUT2D eigenvalue weighted by atomic mass is 79.9. The number of hydrogen-bond acceptors (Lipinski definition) is 5. The Bertz CT molecular complexity index is 1290. The molecule has 3 aromatic heterocycles. The van der Waals surface area contributed by atoms with E-state index in [1.54, 1.807) is 24.5 Å². The Morgan fingerprint density at radius 1 is 1.15 bits per heavy atom. The number of nitrogens with one attached hydrogen (secondary N) is 1. The molecule has 1 aliphatic heterocycles. The number of nitrogens with zero attached hydrogens (tertiary/aromatic N) is 5. The van der Waals surface area contributed by atoms with Crippen molar-refractivity contribution in [2.45, 2.75) is 25.3 Å². The molecular formula is C24H22BrClN6O. The van der Waals surface area contributed by atoms with Crippen molar-refractivity contribution in [1.29, 1.82) is 0 Å². The van der Waals surface area contributed by atoms with Crippen molar-refractivity contribution in [2.24, 2.45) is 0 Å². The molecule has 4 heterocycles. The second-order valence-electron chi connectivity index (χ2n) is 8.09. The summed E-state index contributed by atoms with van der Waals surface area (Å²) in [5.74, 6) is 1.16. The molecule has 0 unspecified atom stereocenters. The molecular weight excluding hydrogens is 504 g/mol. The molecule has 1 aromatic carbocycles. The van der Waals surface area contributed by atoms with Crippen LogP contribution in [0.5, 0.6) is 0 Å². The van der Waals surface area contributed by atoms with Crippen LogP contribution in [-0.2, 0) is 6.54 Å². The van der Waals surface area contributed by atoms with E-state index in [0.29, 0.717) is 30.2 Å². The molecule has 0 radical (unpaired) electrons. The minimum atomic E-state index is 0.0247. The average molecular weight is 526 g/mol. The smallest absolute Gasteiger partial charge is 0.253 e. The van der Waals surface area contributed by atoms with Crippen molar-refractivity contribution in [1.82, 2.24) is 24.5 Å². The number of amides is 1. The number of aromatic nitrogens is 4. The number of carbonyl (C=O) groups excluding carboxylic acids is 1. The zero-order valence-corrected chi connectivity index (χ0v) is 20.1. The maximum atomic E-state index is 12.9. The largest absolute Gasteiger partial charge is 0.366 e. The molecule has 0 saturated carbocycles. The van der Waals surface area contributed by atoms with E-state index < -0.39 is 0 Å². The first-order chi connectivity index (χ1) is 16.1. The molecule has 1 amide bonds. The molecule has 1 saturated heterocycles. The lowest BCUT2D eigenvalue weighted by Crippen LogP contribution is -2.38.